The van der Waals surface area contributed by atoms with Gasteiger partial charge in [0.25, 0.3) is 0 Å². The first kappa shape index (κ1) is 20.2. The van der Waals surface area contributed by atoms with Gasteiger partial charge in [0, 0.05) is 45.0 Å². The van der Waals surface area contributed by atoms with Crippen molar-refractivity contribution in [3.05, 3.63) is 59.4 Å². The zero-order chi connectivity index (χ0) is 20.1. The third kappa shape index (κ3) is 5.51. The Morgan fingerprint density at radius 3 is 2.31 bits per heavy atom. The number of amides is 1. The van der Waals surface area contributed by atoms with Crippen molar-refractivity contribution in [2.24, 2.45) is 13.0 Å². The summed E-state index contributed by atoms with van der Waals surface area (Å²) >= 11 is 0. The van der Waals surface area contributed by atoms with Crippen molar-refractivity contribution >= 4 is 5.91 Å². The first-order chi connectivity index (χ1) is 14.2. The third-order valence-electron chi connectivity index (χ3n) is 6.78. The number of benzene rings is 1. The standard InChI is InChI=1S/C25H35N3O/c1-26-14-4-5-24(26)20-27-17-12-23(13-18-27)19-22-8-6-21(7-9-22)10-11-25(29)28-15-2-3-16-28/h4-9,14,23H,2-3,10-13,15-20H2,1H3. The van der Waals surface area contributed by atoms with E-state index in [0.29, 0.717) is 12.3 Å². The highest BCUT2D eigenvalue weighted by Gasteiger charge is 2.20. The van der Waals surface area contributed by atoms with E-state index in [1.54, 1.807) is 0 Å². The summed E-state index contributed by atoms with van der Waals surface area (Å²) in [5.41, 5.74) is 4.14. The monoisotopic (exact) mass is 393 g/mol. The summed E-state index contributed by atoms with van der Waals surface area (Å²) in [6, 6.07) is 13.4. The number of hydrogen-bond donors (Lipinski definition) is 0. The highest BCUT2D eigenvalue weighted by atomic mass is 16.2. The minimum Gasteiger partial charge on any atom is -0.353 e. The SMILES string of the molecule is Cn1cccc1CN1CCC(Cc2ccc(CCC(=O)N3CCCC3)cc2)CC1. The lowest BCUT2D eigenvalue weighted by Crippen LogP contribution is -2.34. The van der Waals surface area contributed by atoms with Crippen LogP contribution in [0.1, 0.15) is 48.9 Å². The Morgan fingerprint density at radius 2 is 1.66 bits per heavy atom. The van der Waals surface area contributed by atoms with Crippen LogP contribution in [0.4, 0.5) is 0 Å². The smallest absolute Gasteiger partial charge is 0.222 e. The van der Waals surface area contributed by atoms with E-state index in [9.17, 15) is 4.79 Å². The largest absolute Gasteiger partial charge is 0.353 e. The number of nitrogens with zero attached hydrogens (tertiary/aromatic N) is 3. The number of carbonyl (C=O) groups excluding carboxylic acids is 1. The highest BCUT2D eigenvalue weighted by Crippen LogP contribution is 2.23. The molecule has 4 nitrogen and oxygen atoms in total. The van der Waals surface area contributed by atoms with Gasteiger partial charge in [-0.3, -0.25) is 9.69 Å². The van der Waals surface area contributed by atoms with Gasteiger partial charge in [0.05, 0.1) is 0 Å². The molecule has 156 valence electrons. The van der Waals surface area contributed by atoms with Crippen LogP contribution in [0.2, 0.25) is 0 Å². The molecule has 4 rings (SSSR count). The second-order valence-electron chi connectivity index (χ2n) is 8.94. The summed E-state index contributed by atoms with van der Waals surface area (Å²) in [6.07, 6.45) is 9.76. The van der Waals surface area contributed by atoms with Gasteiger partial charge in [0.2, 0.25) is 5.91 Å². The van der Waals surface area contributed by atoms with Crippen LogP contribution in [-0.2, 0) is 31.2 Å². The molecule has 0 bridgehead atoms. The molecule has 0 radical (unpaired) electrons. The maximum absolute atomic E-state index is 12.2. The topological polar surface area (TPSA) is 28.5 Å². The molecule has 1 amide bonds. The number of aryl methyl sites for hydroxylation is 2. The van der Waals surface area contributed by atoms with Gasteiger partial charge in [-0.05, 0) is 80.8 Å². The summed E-state index contributed by atoms with van der Waals surface area (Å²) < 4.78 is 2.23. The molecule has 4 heteroatoms. The van der Waals surface area contributed by atoms with E-state index in [2.05, 4.69) is 59.1 Å². The zero-order valence-electron chi connectivity index (χ0n) is 17.9. The second kappa shape index (κ2) is 9.62. The first-order valence-electron chi connectivity index (χ1n) is 11.4. The van der Waals surface area contributed by atoms with E-state index >= 15 is 0 Å². The van der Waals surface area contributed by atoms with Crippen LogP contribution < -0.4 is 0 Å². The molecule has 0 saturated carbocycles. The molecule has 2 aliphatic heterocycles. The molecule has 29 heavy (non-hydrogen) atoms. The lowest BCUT2D eigenvalue weighted by Gasteiger charge is -2.32. The van der Waals surface area contributed by atoms with Crippen LogP contribution in [0.5, 0.6) is 0 Å². The quantitative estimate of drug-likeness (QED) is 0.710. The number of piperidine rings is 1. The van der Waals surface area contributed by atoms with Crippen molar-refractivity contribution in [2.75, 3.05) is 26.2 Å². The molecule has 0 spiro atoms. The summed E-state index contributed by atoms with van der Waals surface area (Å²) in [5.74, 6) is 1.12. The maximum Gasteiger partial charge on any atom is 0.222 e. The van der Waals surface area contributed by atoms with Gasteiger partial charge in [-0.2, -0.15) is 0 Å². The summed E-state index contributed by atoms with van der Waals surface area (Å²) in [5, 5.41) is 0. The molecule has 2 fully saturated rings. The van der Waals surface area contributed by atoms with E-state index < -0.39 is 0 Å². The van der Waals surface area contributed by atoms with E-state index in [0.717, 1.165) is 32.0 Å². The number of aromatic nitrogens is 1. The molecule has 0 unspecified atom stereocenters. The minimum atomic E-state index is 0.327. The summed E-state index contributed by atoms with van der Waals surface area (Å²) in [4.78, 5) is 16.8. The van der Waals surface area contributed by atoms with Gasteiger partial charge < -0.3 is 9.47 Å². The Bertz CT molecular complexity index is 781. The molecular weight excluding hydrogens is 358 g/mol. The van der Waals surface area contributed by atoms with Crippen molar-refractivity contribution in [3.8, 4) is 0 Å². The number of rotatable bonds is 7. The number of hydrogen-bond acceptors (Lipinski definition) is 2. The Hall–Kier alpha value is -2.07. The fraction of sp³-hybridized carbons (Fsp3) is 0.560. The normalized spacial score (nSPS) is 18.4. The Kier molecular flexibility index (Phi) is 6.70. The van der Waals surface area contributed by atoms with Gasteiger partial charge in [-0.15, -0.1) is 0 Å². The molecule has 1 aromatic carbocycles. The van der Waals surface area contributed by atoms with Crippen LogP contribution in [0.15, 0.2) is 42.6 Å². The maximum atomic E-state index is 12.2. The fourth-order valence-corrected chi connectivity index (χ4v) is 4.79. The van der Waals surface area contributed by atoms with Crippen LogP contribution in [0, 0.1) is 5.92 Å². The molecule has 3 heterocycles. The van der Waals surface area contributed by atoms with E-state index in [4.69, 9.17) is 0 Å². The minimum absolute atomic E-state index is 0.327. The fourth-order valence-electron chi connectivity index (χ4n) is 4.79. The lowest BCUT2D eigenvalue weighted by atomic mass is 9.89. The summed E-state index contributed by atoms with van der Waals surface area (Å²) in [6.45, 7) is 5.39. The lowest BCUT2D eigenvalue weighted by molar-refractivity contribution is -0.130. The van der Waals surface area contributed by atoms with Crippen molar-refractivity contribution in [3.63, 3.8) is 0 Å². The average molecular weight is 394 g/mol. The second-order valence-corrected chi connectivity index (χ2v) is 8.94. The van der Waals surface area contributed by atoms with E-state index in [-0.39, 0.29) is 0 Å². The number of carbonyl (C=O) groups is 1. The Balaban J connectivity index is 1.19. The molecule has 0 N–H and O–H groups in total. The van der Waals surface area contributed by atoms with Gasteiger partial charge in [-0.1, -0.05) is 24.3 Å². The predicted octanol–water partition coefficient (Wildman–Crippen LogP) is 4.03. The van der Waals surface area contributed by atoms with Crippen molar-refractivity contribution in [2.45, 2.75) is 51.5 Å². The zero-order valence-corrected chi connectivity index (χ0v) is 17.9. The predicted molar refractivity (Wildman–Crippen MR) is 118 cm³/mol. The van der Waals surface area contributed by atoms with Crippen LogP contribution >= 0.6 is 0 Å². The van der Waals surface area contributed by atoms with Crippen molar-refractivity contribution in [1.29, 1.82) is 0 Å². The van der Waals surface area contributed by atoms with E-state index in [1.807, 2.05) is 4.90 Å². The highest BCUT2D eigenvalue weighted by molar-refractivity contribution is 5.76. The van der Waals surface area contributed by atoms with Crippen molar-refractivity contribution < 1.29 is 4.79 Å². The van der Waals surface area contributed by atoms with Gasteiger partial charge in [0.1, 0.15) is 0 Å². The molecule has 2 saturated heterocycles. The average Bonchev–Trinajstić information content (AvgIpc) is 3.41. The molecule has 2 aliphatic rings. The van der Waals surface area contributed by atoms with Gasteiger partial charge in [0.15, 0.2) is 0 Å². The first-order valence-corrected chi connectivity index (χ1v) is 11.4. The van der Waals surface area contributed by atoms with E-state index in [1.165, 1.54) is 62.0 Å². The summed E-state index contributed by atoms with van der Waals surface area (Å²) in [7, 11) is 2.13. The van der Waals surface area contributed by atoms with Gasteiger partial charge >= 0.3 is 0 Å². The van der Waals surface area contributed by atoms with Crippen LogP contribution in [0.3, 0.4) is 0 Å². The third-order valence-corrected chi connectivity index (χ3v) is 6.78. The Labute approximate surface area is 175 Å². The number of likely N-dealkylation sites (tertiary alicyclic amines) is 2. The molecule has 0 aliphatic carbocycles. The van der Waals surface area contributed by atoms with Crippen LogP contribution in [-0.4, -0.2) is 46.5 Å². The molecular formula is C25H35N3O. The molecule has 2 aromatic rings. The molecule has 1 aromatic heterocycles. The Morgan fingerprint density at radius 1 is 0.966 bits per heavy atom. The van der Waals surface area contributed by atoms with Gasteiger partial charge in [-0.25, -0.2) is 0 Å². The van der Waals surface area contributed by atoms with Crippen molar-refractivity contribution in [1.82, 2.24) is 14.4 Å². The molecule has 0 atom stereocenters. The van der Waals surface area contributed by atoms with Crippen LogP contribution in [0.25, 0.3) is 0 Å².